The number of hydrogen-bond acceptors (Lipinski definition) is 3. The molecule has 0 aromatic heterocycles. The molecule has 0 spiro atoms. The van der Waals surface area contributed by atoms with Crippen molar-refractivity contribution in [2.75, 3.05) is 19.6 Å². The first-order valence-electron chi connectivity index (χ1n) is 8.58. The molecule has 9 heteroatoms. The fourth-order valence-corrected chi connectivity index (χ4v) is 5.21. The Kier molecular flexibility index (Phi) is 5.04. The van der Waals surface area contributed by atoms with Crippen molar-refractivity contribution in [1.82, 2.24) is 9.21 Å². The van der Waals surface area contributed by atoms with Gasteiger partial charge in [-0.2, -0.15) is 17.5 Å². The smallest absolute Gasteiger partial charge is 0.338 e. The van der Waals surface area contributed by atoms with E-state index in [1.807, 2.05) is 0 Å². The maximum atomic E-state index is 13.1. The zero-order chi connectivity index (χ0) is 19.1. The van der Waals surface area contributed by atoms with Crippen LogP contribution in [0.3, 0.4) is 0 Å². The minimum Gasteiger partial charge on any atom is -0.338 e. The summed E-state index contributed by atoms with van der Waals surface area (Å²) in [4.78, 5) is 13.3. The standard InChI is InChI=1S/C17H21F3N2O3S/c1-12-6-7-14(10-15(12)17(18,19)20)26(24,25)21-8-2-4-13(11-21)22-9-3-5-16(22)23/h6-7,10,13H,2-5,8-9,11H2,1H3. The molecule has 0 saturated carbocycles. The Morgan fingerprint density at radius 1 is 1.15 bits per heavy atom. The predicted octanol–water partition coefficient (Wildman–Crippen LogP) is 2.79. The minimum absolute atomic E-state index is 0.0175. The van der Waals surface area contributed by atoms with Crippen LogP contribution < -0.4 is 0 Å². The second-order valence-electron chi connectivity index (χ2n) is 6.82. The van der Waals surface area contributed by atoms with Gasteiger partial charge < -0.3 is 4.90 Å². The summed E-state index contributed by atoms with van der Waals surface area (Å²) in [7, 11) is -4.05. The molecule has 1 aromatic carbocycles. The number of carbonyl (C=O) groups is 1. The number of alkyl halides is 3. The van der Waals surface area contributed by atoms with Gasteiger partial charge in [-0.3, -0.25) is 4.79 Å². The predicted molar refractivity (Wildman–Crippen MR) is 88.9 cm³/mol. The Morgan fingerprint density at radius 2 is 1.88 bits per heavy atom. The fraction of sp³-hybridized carbons (Fsp3) is 0.588. The van der Waals surface area contributed by atoms with E-state index in [2.05, 4.69) is 0 Å². The molecule has 2 fully saturated rings. The Labute approximate surface area is 150 Å². The van der Waals surface area contributed by atoms with Gasteiger partial charge in [-0.25, -0.2) is 8.42 Å². The minimum atomic E-state index is -4.61. The van der Waals surface area contributed by atoms with Crippen LogP contribution in [0, 0.1) is 6.92 Å². The van der Waals surface area contributed by atoms with E-state index in [1.165, 1.54) is 23.4 Å². The van der Waals surface area contributed by atoms with E-state index in [9.17, 15) is 26.4 Å². The van der Waals surface area contributed by atoms with Crippen molar-refractivity contribution in [2.24, 2.45) is 0 Å². The van der Waals surface area contributed by atoms with Gasteiger partial charge in [0.2, 0.25) is 15.9 Å². The van der Waals surface area contributed by atoms with Crippen LogP contribution in [0.1, 0.15) is 36.8 Å². The highest BCUT2D eigenvalue weighted by Crippen LogP contribution is 2.34. The second kappa shape index (κ2) is 6.84. The largest absolute Gasteiger partial charge is 0.416 e. The number of sulfonamides is 1. The molecule has 0 bridgehead atoms. The van der Waals surface area contributed by atoms with Gasteiger partial charge >= 0.3 is 6.18 Å². The third-order valence-electron chi connectivity index (χ3n) is 5.06. The zero-order valence-electron chi connectivity index (χ0n) is 14.4. The van der Waals surface area contributed by atoms with E-state index in [-0.39, 0.29) is 35.5 Å². The number of amides is 1. The van der Waals surface area contributed by atoms with E-state index in [0.29, 0.717) is 31.9 Å². The molecule has 0 radical (unpaired) electrons. The molecule has 0 N–H and O–H groups in total. The number of nitrogens with zero attached hydrogens (tertiary/aromatic N) is 2. The van der Waals surface area contributed by atoms with Crippen LogP contribution in [0.5, 0.6) is 0 Å². The molecular weight excluding hydrogens is 369 g/mol. The number of benzene rings is 1. The fourth-order valence-electron chi connectivity index (χ4n) is 3.66. The van der Waals surface area contributed by atoms with Crippen LogP contribution in [0.15, 0.2) is 23.1 Å². The van der Waals surface area contributed by atoms with Crippen LogP contribution >= 0.6 is 0 Å². The summed E-state index contributed by atoms with van der Waals surface area (Å²) in [5.74, 6) is 0.0175. The van der Waals surface area contributed by atoms with Gasteiger partial charge in [0, 0.05) is 32.1 Å². The lowest BCUT2D eigenvalue weighted by atomic mass is 10.1. The second-order valence-corrected chi connectivity index (χ2v) is 8.76. The average Bonchev–Trinajstić information content (AvgIpc) is 3.00. The Bertz CT molecular complexity index is 808. The topological polar surface area (TPSA) is 57.7 Å². The molecule has 5 nitrogen and oxygen atoms in total. The lowest BCUT2D eigenvalue weighted by molar-refractivity contribution is -0.138. The quantitative estimate of drug-likeness (QED) is 0.798. The molecule has 2 aliphatic heterocycles. The normalized spacial score (nSPS) is 22.8. The molecule has 2 aliphatic rings. The number of aryl methyl sites for hydroxylation is 1. The van der Waals surface area contributed by atoms with E-state index < -0.39 is 21.8 Å². The number of rotatable bonds is 3. The summed E-state index contributed by atoms with van der Waals surface area (Å²) in [5.41, 5.74) is -0.961. The summed E-state index contributed by atoms with van der Waals surface area (Å²) in [6.07, 6.45) is -2.10. The van der Waals surface area contributed by atoms with Crippen molar-refractivity contribution in [3.8, 4) is 0 Å². The van der Waals surface area contributed by atoms with Gasteiger partial charge in [-0.05, 0) is 43.9 Å². The first-order chi connectivity index (χ1) is 12.1. The third kappa shape index (κ3) is 3.59. The Balaban J connectivity index is 1.87. The summed E-state index contributed by atoms with van der Waals surface area (Å²) < 4.78 is 66.3. The number of hydrogen-bond donors (Lipinski definition) is 0. The van der Waals surface area contributed by atoms with Crippen molar-refractivity contribution in [1.29, 1.82) is 0 Å². The average molecular weight is 390 g/mol. The highest BCUT2D eigenvalue weighted by molar-refractivity contribution is 7.89. The molecule has 1 atom stereocenters. The van der Waals surface area contributed by atoms with Crippen LogP contribution in [0.2, 0.25) is 0 Å². The summed E-state index contributed by atoms with van der Waals surface area (Å²) >= 11 is 0. The number of carbonyl (C=O) groups excluding carboxylic acids is 1. The highest BCUT2D eigenvalue weighted by Gasteiger charge is 2.38. The zero-order valence-corrected chi connectivity index (χ0v) is 15.2. The molecule has 26 heavy (non-hydrogen) atoms. The van der Waals surface area contributed by atoms with Gasteiger partial charge in [0.1, 0.15) is 0 Å². The van der Waals surface area contributed by atoms with Crippen LogP contribution in [0.25, 0.3) is 0 Å². The molecule has 3 rings (SSSR count). The SMILES string of the molecule is Cc1ccc(S(=O)(=O)N2CCCC(N3CCCC3=O)C2)cc1C(F)(F)F. The molecule has 2 heterocycles. The third-order valence-corrected chi connectivity index (χ3v) is 6.92. The van der Waals surface area contributed by atoms with Crippen molar-refractivity contribution >= 4 is 15.9 Å². The highest BCUT2D eigenvalue weighted by atomic mass is 32.2. The van der Waals surface area contributed by atoms with E-state index in [4.69, 9.17) is 0 Å². The van der Waals surface area contributed by atoms with E-state index in [0.717, 1.165) is 6.42 Å². The van der Waals surface area contributed by atoms with Crippen molar-refractivity contribution < 1.29 is 26.4 Å². The van der Waals surface area contributed by atoms with Crippen LogP contribution in [-0.2, 0) is 21.0 Å². The van der Waals surface area contributed by atoms with E-state index in [1.54, 1.807) is 4.90 Å². The molecule has 2 saturated heterocycles. The number of halogens is 3. The molecule has 144 valence electrons. The lowest BCUT2D eigenvalue weighted by Crippen LogP contribution is -2.50. The molecule has 1 aromatic rings. The van der Waals surface area contributed by atoms with Gasteiger partial charge in [0.25, 0.3) is 0 Å². The first kappa shape index (κ1) is 19.2. The van der Waals surface area contributed by atoms with Gasteiger partial charge in [-0.15, -0.1) is 0 Å². The molecule has 1 unspecified atom stereocenters. The lowest BCUT2D eigenvalue weighted by Gasteiger charge is -2.37. The van der Waals surface area contributed by atoms with Crippen molar-refractivity contribution in [3.05, 3.63) is 29.3 Å². The Hall–Kier alpha value is -1.61. The van der Waals surface area contributed by atoms with Crippen molar-refractivity contribution in [3.63, 3.8) is 0 Å². The summed E-state index contributed by atoms with van der Waals surface area (Å²) in [5, 5.41) is 0. The van der Waals surface area contributed by atoms with E-state index >= 15 is 0 Å². The maximum Gasteiger partial charge on any atom is 0.416 e. The summed E-state index contributed by atoms with van der Waals surface area (Å²) in [6, 6.07) is 2.89. The number of piperidine rings is 1. The summed E-state index contributed by atoms with van der Waals surface area (Å²) in [6.45, 7) is 2.29. The molecular formula is C17H21F3N2O3S. The monoisotopic (exact) mass is 390 g/mol. The number of likely N-dealkylation sites (tertiary alicyclic amines) is 1. The van der Waals surface area contributed by atoms with Crippen molar-refractivity contribution in [2.45, 2.75) is 49.7 Å². The van der Waals surface area contributed by atoms with Crippen LogP contribution in [0.4, 0.5) is 13.2 Å². The maximum absolute atomic E-state index is 13.1. The van der Waals surface area contributed by atoms with Gasteiger partial charge in [0.05, 0.1) is 10.5 Å². The van der Waals surface area contributed by atoms with Gasteiger partial charge in [0.15, 0.2) is 0 Å². The first-order valence-corrected chi connectivity index (χ1v) is 10.0. The molecule has 1 amide bonds. The van der Waals surface area contributed by atoms with Crippen LogP contribution in [-0.4, -0.2) is 49.2 Å². The Morgan fingerprint density at radius 3 is 2.50 bits per heavy atom. The van der Waals surface area contributed by atoms with Gasteiger partial charge in [-0.1, -0.05) is 6.07 Å². The molecule has 0 aliphatic carbocycles.